The minimum Gasteiger partial charge on any atom is -0.366 e. The summed E-state index contributed by atoms with van der Waals surface area (Å²) in [4.78, 5) is 32.9. The molecule has 33 heavy (non-hydrogen) atoms. The van der Waals surface area contributed by atoms with Crippen LogP contribution in [0.5, 0.6) is 0 Å². The van der Waals surface area contributed by atoms with Gasteiger partial charge in [0, 0.05) is 18.9 Å². The first-order valence-corrected chi connectivity index (χ1v) is 10.2. The fourth-order valence-electron chi connectivity index (χ4n) is 3.28. The standard InChI is InChI=1S/C25H22N6O2/c1-27-24(33)20-15-28-25(31-23(20)30-21-10-6-5-9-19(21)22(26)32)29-18-13-11-17(12-14-18)16-7-3-2-4-8-16/h2-15H,1H3,(H2,26,32)(H,27,33)(H2,28,29,30,31). The van der Waals surface area contributed by atoms with Gasteiger partial charge in [-0.3, -0.25) is 9.59 Å². The number of nitrogens with zero attached hydrogens (tertiary/aromatic N) is 2. The van der Waals surface area contributed by atoms with Crippen molar-refractivity contribution in [1.29, 1.82) is 0 Å². The third kappa shape index (κ3) is 4.96. The lowest BCUT2D eigenvalue weighted by Gasteiger charge is -2.14. The maximum absolute atomic E-state index is 12.3. The minimum atomic E-state index is -0.592. The smallest absolute Gasteiger partial charge is 0.256 e. The lowest BCUT2D eigenvalue weighted by atomic mass is 10.1. The summed E-state index contributed by atoms with van der Waals surface area (Å²) in [5.74, 6) is -0.436. The van der Waals surface area contributed by atoms with Crippen molar-refractivity contribution in [3.8, 4) is 11.1 Å². The number of nitrogens with two attached hydrogens (primary N) is 1. The van der Waals surface area contributed by atoms with Gasteiger partial charge in [0.1, 0.15) is 11.4 Å². The lowest BCUT2D eigenvalue weighted by Crippen LogP contribution is -2.21. The van der Waals surface area contributed by atoms with E-state index in [2.05, 4.69) is 25.9 Å². The van der Waals surface area contributed by atoms with Gasteiger partial charge in [-0.05, 0) is 35.4 Å². The zero-order valence-electron chi connectivity index (χ0n) is 17.9. The molecule has 4 aromatic rings. The monoisotopic (exact) mass is 438 g/mol. The minimum absolute atomic E-state index is 0.224. The topological polar surface area (TPSA) is 122 Å². The molecule has 0 spiro atoms. The summed E-state index contributed by atoms with van der Waals surface area (Å²) in [6.45, 7) is 0. The molecule has 1 aromatic heterocycles. The lowest BCUT2D eigenvalue weighted by molar-refractivity contribution is 0.0962. The quantitative estimate of drug-likeness (QED) is 0.345. The van der Waals surface area contributed by atoms with E-state index >= 15 is 0 Å². The highest BCUT2D eigenvalue weighted by molar-refractivity contribution is 6.02. The van der Waals surface area contributed by atoms with E-state index < -0.39 is 5.91 Å². The number of hydrogen-bond acceptors (Lipinski definition) is 6. The number of hydrogen-bond donors (Lipinski definition) is 4. The molecule has 3 aromatic carbocycles. The molecule has 2 amide bonds. The predicted octanol–water partition coefficient (Wildman–Crippen LogP) is 4.09. The fraction of sp³-hybridized carbons (Fsp3) is 0.0400. The van der Waals surface area contributed by atoms with Gasteiger partial charge in [-0.15, -0.1) is 0 Å². The van der Waals surface area contributed by atoms with Gasteiger partial charge in [0.25, 0.3) is 11.8 Å². The molecule has 0 bridgehead atoms. The Morgan fingerprint density at radius 2 is 1.45 bits per heavy atom. The second-order valence-electron chi connectivity index (χ2n) is 7.14. The third-order valence-electron chi connectivity index (χ3n) is 4.95. The Hall–Kier alpha value is -4.72. The molecule has 0 saturated carbocycles. The van der Waals surface area contributed by atoms with Gasteiger partial charge < -0.3 is 21.7 Å². The van der Waals surface area contributed by atoms with Crippen LogP contribution in [0.2, 0.25) is 0 Å². The molecule has 8 nitrogen and oxygen atoms in total. The SMILES string of the molecule is CNC(=O)c1cnc(Nc2ccc(-c3ccccc3)cc2)nc1Nc1ccccc1C(N)=O. The number of nitrogens with one attached hydrogen (secondary N) is 3. The Labute approximate surface area is 190 Å². The summed E-state index contributed by atoms with van der Waals surface area (Å²) < 4.78 is 0. The molecule has 0 unspecified atom stereocenters. The zero-order chi connectivity index (χ0) is 23.2. The Morgan fingerprint density at radius 1 is 0.788 bits per heavy atom. The van der Waals surface area contributed by atoms with Gasteiger partial charge in [0.2, 0.25) is 5.95 Å². The molecule has 0 aliphatic carbocycles. The molecule has 0 aliphatic rings. The van der Waals surface area contributed by atoms with E-state index in [1.165, 1.54) is 13.2 Å². The molecule has 1 heterocycles. The summed E-state index contributed by atoms with van der Waals surface area (Å²) in [5, 5.41) is 8.75. The Balaban J connectivity index is 1.62. The second kappa shape index (κ2) is 9.61. The summed E-state index contributed by atoms with van der Waals surface area (Å²) in [6, 6.07) is 24.6. The molecule has 164 valence electrons. The van der Waals surface area contributed by atoms with Gasteiger partial charge in [0.05, 0.1) is 11.3 Å². The number of aromatic nitrogens is 2. The molecular weight excluding hydrogens is 416 g/mol. The van der Waals surface area contributed by atoms with Gasteiger partial charge in [0.15, 0.2) is 0 Å². The average Bonchev–Trinajstić information content (AvgIpc) is 2.85. The third-order valence-corrected chi connectivity index (χ3v) is 4.95. The summed E-state index contributed by atoms with van der Waals surface area (Å²) in [5.41, 5.74) is 9.41. The molecule has 0 radical (unpaired) electrons. The number of carbonyl (C=O) groups excluding carboxylic acids is 2. The van der Waals surface area contributed by atoms with Crippen molar-refractivity contribution in [3.05, 3.63) is 96.2 Å². The molecule has 0 atom stereocenters. The molecule has 4 rings (SSSR count). The highest BCUT2D eigenvalue weighted by atomic mass is 16.2. The number of amides is 2. The summed E-state index contributed by atoms with van der Waals surface area (Å²) >= 11 is 0. The second-order valence-corrected chi connectivity index (χ2v) is 7.14. The summed E-state index contributed by atoms with van der Waals surface area (Å²) in [6.07, 6.45) is 1.42. The van der Waals surface area contributed by atoms with Crippen molar-refractivity contribution in [1.82, 2.24) is 15.3 Å². The van der Waals surface area contributed by atoms with Crippen LogP contribution in [0.25, 0.3) is 11.1 Å². The van der Waals surface area contributed by atoms with Crippen molar-refractivity contribution in [2.45, 2.75) is 0 Å². The highest BCUT2D eigenvalue weighted by Crippen LogP contribution is 2.25. The van der Waals surface area contributed by atoms with Gasteiger partial charge in [-0.25, -0.2) is 4.98 Å². The number of anilines is 4. The molecule has 0 aliphatic heterocycles. The molecular formula is C25H22N6O2. The number of rotatable bonds is 7. The van der Waals surface area contributed by atoms with Crippen LogP contribution >= 0.6 is 0 Å². The number of primary amides is 1. The average molecular weight is 438 g/mol. The van der Waals surface area contributed by atoms with Crippen LogP contribution in [0.15, 0.2) is 85.1 Å². The Morgan fingerprint density at radius 3 is 2.15 bits per heavy atom. The van der Waals surface area contributed by atoms with Crippen molar-refractivity contribution in [3.63, 3.8) is 0 Å². The van der Waals surface area contributed by atoms with Crippen molar-refractivity contribution in [2.75, 3.05) is 17.7 Å². The predicted molar refractivity (Wildman–Crippen MR) is 129 cm³/mol. The van der Waals surface area contributed by atoms with Crippen molar-refractivity contribution < 1.29 is 9.59 Å². The Bertz CT molecular complexity index is 1290. The van der Waals surface area contributed by atoms with Crippen molar-refractivity contribution in [2.24, 2.45) is 5.73 Å². The first-order valence-electron chi connectivity index (χ1n) is 10.2. The van der Waals surface area contributed by atoms with E-state index in [1.807, 2.05) is 54.6 Å². The van der Waals surface area contributed by atoms with Crippen LogP contribution < -0.4 is 21.7 Å². The van der Waals surface area contributed by atoms with E-state index in [0.717, 1.165) is 16.8 Å². The largest absolute Gasteiger partial charge is 0.366 e. The first-order chi connectivity index (χ1) is 16.0. The maximum atomic E-state index is 12.3. The molecule has 0 fully saturated rings. The first kappa shape index (κ1) is 21.5. The molecule has 0 saturated heterocycles. The van der Waals surface area contributed by atoms with Crippen LogP contribution in [0.1, 0.15) is 20.7 Å². The number of para-hydroxylation sites is 1. The molecule has 8 heteroatoms. The Kier molecular flexibility index (Phi) is 6.26. The van der Waals surface area contributed by atoms with E-state index in [-0.39, 0.29) is 28.8 Å². The van der Waals surface area contributed by atoms with E-state index in [4.69, 9.17) is 5.73 Å². The van der Waals surface area contributed by atoms with Crippen LogP contribution in [0.3, 0.4) is 0 Å². The number of benzene rings is 3. The van der Waals surface area contributed by atoms with E-state index in [0.29, 0.717) is 5.69 Å². The van der Waals surface area contributed by atoms with Gasteiger partial charge in [-0.2, -0.15) is 4.98 Å². The van der Waals surface area contributed by atoms with Gasteiger partial charge >= 0.3 is 0 Å². The molecule has 5 N–H and O–H groups in total. The highest BCUT2D eigenvalue weighted by Gasteiger charge is 2.16. The van der Waals surface area contributed by atoms with Crippen LogP contribution in [-0.4, -0.2) is 28.8 Å². The van der Waals surface area contributed by atoms with Crippen LogP contribution in [0, 0.1) is 0 Å². The van der Waals surface area contributed by atoms with Crippen LogP contribution in [0.4, 0.5) is 23.1 Å². The summed E-state index contributed by atoms with van der Waals surface area (Å²) in [7, 11) is 1.52. The van der Waals surface area contributed by atoms with Crippen LogP contribution in [-0.2, 0) is 0 Å². The van der Waals surface area contributed by atoms with E-state index in [1.54, 1.807) is 24.3 Å². The fourth-order valence-corrected chi connectivity index (χ4v) is 3.28. The normalized spacial score (nSPS) is 10.3. The van der Waals surface area contributed by atoms with E-state index in [9.17, 15) is 9.59 Å². The number of carbonyl (C=O) groups is 2. The zero-order valence-corrected chi connectivity index (χ0v) is 17.9. The maximum Gasteiger partial charge on any atom is 0.256 e. The van der Waals surface area contributed by atoms with Gasteiger partial charge in [-0.1, -0.05) is 54.6 Å². The van der Waals surface area contributed by atoms with Crippen molar-refractivity contribution >= 4 is 35.0 Å².